The molecule has 0 aromatic carbocycles. The SMILES string of the molecule is CCC(CCN)CCC(=O)N(CC)C1CCCC1. The Morgan fingerprint density at radius 3 is 2.44 bits per heavy atom. The predicted octanol–water partition coefficient (Wildman–Crippen LogP) is 2.93. The highest BCUT2D eigenvalue weighted by Crippen LogP contribution is 2.24. The van der Waals surface area contributed by atoms with Gasteiger partial charge in [-0.1, -0.05) is 26.2 Å². The van der Waals surface area contributed by atoms with Crippen molar-refractivity contribution >= 4 is 5.91 Å². The van der Waals surface area contributed by atoms with E-state index in [4.69, 9.17) is 5.73 Å². The fraction of sp³-hybridized carbons (Fsp3) is 0.933. The molecule has 1 amide bonds. The molecular formula is C15H30N2O. The van der Waals surface area contributed by atoms with E-state index in [1.807, 2.05) is 0 Å². The standard InChI is InChI=1S/C15H30N2O/c1-3-13(11-12-16)9-10-15(18)17(4-2)14-7-5-6-8-14/h13-14H,3-12,16H2,1-2H3. The lowest BCUT2D eigenvalue weighted by Crippen LogP contribution is -2.38. The molecular weight excluding hydrogens is 224 g/mol. The van der Waals surface area contributed by atoms with E-state index in [0.717, 1.165) is 32.4 Å². The van der Waals surface area contributed by atoms with E-state index in [0.29, 0.717) is 24.3 Å². The summed E-state index contributed by atoms with van der Waals surface area (Å²) in [6, 6.07) is 0.525. The molecule has 3 nitrogen and oxygen atoms in total. The Labute approximate surface area is 112 Å². The molecule has 1 aliphatic rings. The number of amides is 1. The fourth-order valence-corrected chi connectivity index (χ4v) is 3.11. The number of carbonyl (C=O) groups is 1. The van der Waals surface area contributed by atoms with Crippen LogP contribution in [0.2, 0.25) is 0 Å². The van der Waals surface area contributed by atoms with Gasteiger partial charge in [-0.3, -0.25) is 4.79 Å². The predicted molar refractivity (Wildman–Crippen MR) is 76.3 cm³/mol. The topological polar surface area (TPSA) is 46.3 Å². The molecule has 0 spiro atoms. The Bertz CT molecular complexity index is 237. The van der Waals surface area contributed by atoms with Gasteiger partial charge in [0.25, 0.3) is 0 Å². The van der Waals surface area contributed by atoms with Gasteiger partial charge in [0.05, 0.1) is 0 Å². The molecule has 0 radical (unpaired) electrons. The minimum Gasteiger partial charge on any atom is -0.340 e. The number of rotatable bonds is 8. The van der Waals surface area contributed by atoms with Gasteiger partial charge in [0.15, 0.2) is 0 Å². The van der Waals surface area contributed by atoms with Crippen LogP contribution in [0.25, 0.3) is 0 Å². The zero-order valence-electron chi connectivity index (χ0n) is 12.2. The maximum atomic E-state index is 12.3. The van der Waals surface area contributed by atoms with E-state index in [1.54, 1.807) is 0 Å². The van der Waals surface area contributed by atoms with Crippen LogP contribution >= 0.6 is 0 Å². The van der Waals surface area contributed by atoms with Crippen LogP contribution in [-0.4, -0.2) is 29.9 Å². The number of hydrogen-bond donors (Lipinski definition) is 1. The molecule has 0 saturated heterocycles. The summed E-state index contributed by atoms with van der Waals surface area (Å²) in [7, 11) is 0. The van der Waals surface area contributed by atoms with E-state index in [1.165, 1.54) is 25.7 Å². The Morgan fingerprint density at radius 1 is 1.28 bits per heavy atom. The first kappa shape index (κ1) is 15.5. The van der Waals surface area contributed by atoms with E-state index in [2.05, 4.69) is 18.7 Å². The second-order valence-corrected chi connectivity index (χ2v) is 5.51. The molecule has 0 aromatic rings. The molecule has 1 atom stereocenters. The van der Waals surface area contributed by atoms with E-state index >= 15 is 0 Å². The van der Waals surface area contributed by atoms with E-state index < -0.39 is 0 Å². The van der Waals surface area contributed by atoms with Crippen molar-refractivity contribution in [3.05, 3.63) is 0 Å². The average molecular weight is 254 g/mol. The summed E-state index contributed by atoms with van der Waals surface area (Å²) in [5.41, 5.74) is 5.60. The summed E-state index contributed by atoms with van der Waals surface area (Å²) in [6.45, 7) is 5.91. The van der Waals surface area contributed by atoms with Crippen LogP contribution in [0.4, 0.5) is 0 Å². The fourth-order valence-electron chi connectivity index (χ4n) is 3.11. The quantitative estimate of drug-likeness (QED) is 0.724. The first-order valence-electron chi connectivity index (χ1n) is 7.72. The first-order valence-corrected chi connectivity index (χ1v) is 7.72. The van der Waals surface area contributed by atoms with Crippen molar-refractivity contribution in [1.82, 2.24) is 4.90 Å². The second-order valence-electron chi connectivity index (χ2n) is 5.51. The van der Waals surface area contributed by atoms with E-state index in [-0.39, 0.29) is 0 Å². The highest BCUT2D eigenvalue weighted by atomic mass is 16.2. The third-order valence-corrected chi connectivity index (χ3v) is 4.35. The molecule has 1 rings (SSSR count). The van der Waals surface area contributed by atoms with Gasteiger partial charge in [0.2, 0.25) is 5.91 Å². The minimum atomic E-state index is 0.361. The average Bonchev–Trinajstić information content (AvgIpc) is 2.89. The van der Waals surface area contributed by atoms with Crippen molar-refractivity contribution < 1.29 is 4.79 Å². The molecule has 18 heavy (non-hydrogen) atoms. The zero-order valence-corrected chi connectivity index (χ0v) is 12.2. The highest BCUT2D eigenvalue weighted by Gasteiger charge is 2.25. The van der Waals surface area contributed by atoms with Crippen LogP contribution in [-0.2, 0) is 4.79 Å². The van der Waals surface area contributed by atoms with Crippen molar-refractivity contribution in [2.75, 3.05) is 13.1 Å². The molecule has 106 valence electrons. The van der Waals surface area contributed by atoms with Gasteiger partial charge < -0.3 is 10.6 Å². The Morgan fingerprint density at radius 2 is 1.94 bits per heavy atom. The Balaban J connectivity index is 2.36. The van der Waals surface area contributed by atoms with Gasteiger partial charge in [-0.05, 0) is 45.1 Å². The molecule has 0 aromatic heterocycles. The van der Waals surface area contributed by atoms with Crippen LogP contribution in [0.15, 0.2) is 0 Å². The molecule has 1 saturated carbocycles. The smallest absolute Gasteiger partial charge is 0.222 e. The Hall–Kier alpha value is -0.570. The van der Waals surface area contributed by atoms with Crippen molar-refractivity contribution in [3.8, 4) is 0 Å². The van der Waals surface area contributed by atoms with Gasteiger partial charge in [0.1, 0.15) is 0 Å². The molecule has 1 unspecified atom stereocenters. The summed E-state index contributed by atoms with van der Waals surface area (Å²) in [4.78, 5) is 14.4. The molecule has 3 heteroatoms. The van der Waals surface area contributed by atoms with Crippen LogP contribution in [0.3, 0.4) is 0 Å². The van der Waals surface area contributed by atoms with Crippen LogP contribution < -0.4 is 5.73 Å². The highest BCUT2D eigenvalue weighted by molar-refractivity contribution is 5.76. The zero-order chi connectivity index (χ0) is 13.4. The number of carbonyl (C=O) groups excluding carboxylic acids is 1. The second kappa shape index (κ2) is 8.52. The molecule has 1 fully saturated rings. The van der Waals surface area contributed by atoms with Crippen molar-refractivity contribution in [3.63, 3.8) is 0 Å². The normalized spacial score (nSPS) is 17.9. The van der Waals surface area contributed by atoms with Gasteiger partial charge >= 0.3 is 0 Å². The molecule has 2 N–H and O–H groups in total. The van der Waals surface area contributed by atoms with Crippen LogP contribution in [0.5, 0.6) is 0 Å². The van der Waals surface area contributed by atoms with Crippen molar-refractivity contribution in [2.24, 2.45) is 11.7 Å². The largest absolute Gasteiger partial charge is 0.340 e. The maximum absolute atomic E-state index is 12.3. The molecule has 0 bridgehead atoms. The Kier molecular flexibility index (Phi) is 7.33. The molecule has 0 aliphatic heterocycles. The number of nitrogens with two attached hydrogens (primary N) is 1. The lowest BCUT2D eigenvalue weighted by Gasteiger charge is -2.28. The monoisotopic (exact) mass is 254 g/mol. The van der Waals surface area contributed by atoms with E-state index in [9.17, 15) is 4.79 Å². The van der Waals surface area contributed by atoms with Gasteiger partial charge in [-0.15, -0.1) is 0 Å². The maximum Gasteiger partial charge on any atom is 0.222 e. The van der Waals surface area contributed by atoms with Crippen LogP contribution in [0, 0.1) is 5.92 Å². The lowest BCUT2D eigenvalue weighted by atomic mass is 9.96. The number of nitrogens with zero attached hydrogens (tertiary/aromatic N) is 1. The third-order valence-electron chi connectivity index (χ3n) is 4.35. The first-order chi connectivity index (χ1) is 8.72. The summed E-state index contributed by atoms with van der Waals surface area (Å²) in [5.74, 6) is 0.987. The summed E-state index contributed by atoms with van der Waals surface area (Å²) < 4.78 is 0. The van der Waals surface area contributed by atoms with Gasteiger partial charge in [0, 0.05) is 19.0 Å². The minimum absolute atomic E-state index is 0.361. The summed E-state index contributed by atoms with van der Waals surface area (Å²) >= 11 is 0. The lowest BCUT2D eigenvalue weighted by molar-refractivity contribution is -0.133. The van der Waals surface area contributed by atoms with Gasteiger partial charge in [-0.25, -0.2) is 0 Å². The number of hydrogen-bond acceptors (Lipinski definition) is 2. The van der Waals surface area contributed by atoms with Crippen molar-refractivity contribution in [1.29, 1.82) is 0 Å². The van der Waals surface area contributed by atoms with Crippen LogP contribution in [0.1, 0.15) is 65.2 Å². The summed E-state index contributed by atoms with van der Waals surface area (Å²) in [6.07, 6.45) is 8.91. The molecule has 1 aliphatic carbocycles. The summed E-state index contributed by atoms with van der Waals surface area (Å²) in [5, 5.41) is 0. The third kappa shape index (κ3) is 4.60. The van der Waals surface area contributed by atoms with Crippen molar-refractivity contribution in [2.45, 2.75) is 71.3 Å². The van der Waals surface area contributed by atoms with Gasteiger partial charge in [-0.2, -0.15) is 0 Å². The molecule has 0 heterocycles.